The number of para-hydroxylation sites is 1. The minimum absolute atomic E-state index is 0.300. The Morgan fingerprint density at radius 1 is 0.833 bits per heavy atom. The van der Waals surface area contributed by atoms with Crippen molar-refractivity contribution in [3.05, 3.63) is 101 Å². The molecule has 30 heavy (non-hydrogen) atoms. The smallest absolute Gasteiger partial charge is 0.252 e. The summed E-state index contributed by atoms with van der Waals surface area (Å²) in [7, 11) is 0. The zero-order chi connectivity index (χ0) is 20.9. The molecule has 1 heterocycles. The van der Waals surface area contributed by atoms with Crippen molar-refractivity contribution >= 4 is 17.4 Å². The van der Waals surface area contributed by atoms with Gasteiger partial charge < -0.3 is 10.2 Å². The summed E-state index contributed by atoms with van der Waals surface area (Å²) in [5, 5.41) is 2.96. The van der Waals surface area contributed by atoms with Gasteiger partial charge in [0.25, 0.3) is 5.91 Å². The molecule has 4 nitrogen and oxygen atoms in total. The van der Waals surface area contributed by atoms with Gasteiger partial charge in [0.15, 0.2) is 5.78 Å². The first kappa shape index (κ1) is 19.8. The number of ketones is 1. The Hall–Kier alpha value is -3.47. The van der Waals surface area contributed by atoms with Crippen LogP contribution < -0.4 is 10.2 Å². The first-order valence-electron chi connectivity index (χ1n) is 10.1. The molecule has 3 aromatic rings. The number of halogens is 1. The number of hydrogen-bond acceptors (Lipinski definition) is 3. The third-order valence-electron chi connectivity index (χ3n) is 5.40. The van der Waals surface area contributed by atoms with Gasteiger partial charge in [-0.3, -0.25) is 9.59 Å². The monoisotopic (exact) mass is 402 g/mol. The molecule has 0 aliphatic carbocycles. The summed E-state index contributed by atoms with van der Waals surface area (Å²) < 4.78 is 13.2. The van der Waals surface area contributed by atoms with E-state index < -0.39 is 5.82 Å². The quantitative estimate of drug-likeness (QED) is 0.614. The van der Waals surface area contributed by atoms with Crippen LogP contribution in [0.1, 0.15) is 44.7 Å². The molecule has 3 aromatic carbocycles. The predicted octanol–water partition coefficient (Wildman–Crippen LogP) is 4.59. The lowest BCUT2D eigenvalue weighted by molar-refractivity contribution is 0.0939. The van der Waals surface area contributed by atoms with Crippen LogP contribution in [-0.4, -0.2) is 24.8 Å². The van der Waals surface area contributed by atoms with Crippen molar-refractivity contribution in [1.29, 1.82) is 0 Å². The number of nitrogens with one attached hydrogen (secondary N) is 1. The summed E-state index contributed by atoms with van der Waals surface area (Å²) in [5.74, 6) is -1.02. The van der Waals surface area contributed by atoms with Gasteiger partial charge in [-0.05, 0) is 54.8 Å². The van der Waals surface area contributed by atoms with E-state index in [0.717, 1.165) is 24.3 Å². The fourth-order valence-electron chi connectivity index (χ4n) is 3.83. The van der Waals surface area contributed by atoms with Crippen LogP contribution in [0, 0.1) is 5.82 Å². The van der Waals surface area contributed by atoms with Crippen LogP contribution in [0.25, 0.3) is 0 Å². The van der Waals surface area contributed by atoms with Crippen molar-refractivity contribution in [2.24, 2.45) is 0 Å². The minimum Gasteiger partial charge on any atom is -0.371 e. The Balaban J connectivity index is 1.53. The first-order valence-corrected chi connectivity index (χ1v) is 10.1. The molecule has 1 N–H and O–H groups in total. The first-order chi connectivity index (χ1) is 14.6. The van der Waals surface area contributed by atoms with Gasteiger partial charge in [-0.25, -0.2) is 4.39 Å². The topological polar surface area (TPSA) is 49.4 Å². The molecule has 1 aliphatic rings. The van der Waals surface area contributed by atoms with E-state index in [9.17, 15) is 14.0 Å². The average Bonchev–Trinajstić information content (AvgIpc) is 3.32. The van der Waals surface area contributed by atoms with E-state index in [1.165, 1.54) is 37.1 Å². The molecule has 0 aromatic heterocycles. The highest BCUT2D eigenvalue weighted by molar-refractivity contribution is 6.15. The fraction of sp³-hybridized carbons (Fsp3) is 0.200. The van der Waals surface area contributed by atoms with Crippen molar-refractivity contribution in [2.45, 2.75) is 19.4 Å². The van der Waals surface area contributed by atoms with Gasteiger partial charge in [-0.2, -0.15) is 0 Å². The number of amides is 1. The van der Waals surface area contributed by atoms with Gasteiger partial charge in [0.05, 0.1) is 5.56 Å². The Bertz CT molecular complexity index is 1060. The minimum atomic E-state index is -0.408. The second-order valence-electron chi connectivity index (χ2n) is 7.39. The maximum absolute atomic E-state index is 13.2. The van der Waals surface area contributed by atoms with E-state index in [-0.39, 0.29) is 11.7 Å². The molecule has 1 aliphatic heterocycles. The summed E-state index contributed by atoms with van der Waals surface area (Å²) in [4.78, 5) is 28.1. The molecule has 0 unspecified atom stereocenters. The van der Waals surface area contributed by atoms with E-state index in [4.69, 9.17) is 0 Å². The molecule has 0 atom stereocenters. The number of hydrogen-bond donors (Lipinski definition) is 1. The molecule has 1 saturated heterocycles. The Kier molecular flexibility index (Phi) is 5.89. The van der Waals surface area contributed by atoms with Gasteiger partial charge in [-0.15, -0.1) is 0 Å². The van der Waals surface area contributed by atoms with Crippen LogP contribution in [0.15, 0.2) is 72.8 Å². The lowest BCUT2D eigenvalue weighted by atomic mass is 9.98. The Labute approximate surface area is 175 Å². The third kappa shape index (κ3) is 4.25. The molecule has 5 heteroatoms. The standard InChI is InChI=1S/C25H23FN2O2/c26-20-13-11-18(12-14-20)24(29)21-8-2-3-9-22(21)25(30)27-17-19-7-1-4-10-23(19)28-15-5-6-16-28/h1-4,7-14H,5-6,15-17H2,(H,27,30). The summed E-state index contributed by atoms with van der Waals surface area (Å²) >= 11 is 0. The Morgan fingerprint density at radius 2 is 1.47 bits per heavy atom. The van der Waals surface area contributed by atoms with Crippen LogP contribution in [0.3, 0.4) is 0 Å². The maximum Gasteiger partial charge on any atom is 0.252 e. The SMILES string of the molecule is O=C(NCc1ccccc1N1CCCC1)c1ccccc1C(=O)c1ccc(F)cc1. The highest BCUT2D eigenvalue weighted by Gasteiger charge is 2.19. The number of rotatable bonds is 6. The summed E-state index contributed by atoms with van der Waals surface area (Å²) in [5.41, 5.74) is 3.15. The summed E-state index contributed by atoms with van der Waals surface area (Å²) in [6, 6.07) is 20.1. The summed E-state index contributed by atoms with van der Waals surface area (Å²) in [6.45, 7) is 2.44. The largest absolute Gasteiger partial charge is 0.371 e. The second-order valence-corrected chi connectivity index (χ2v) is 7.39. The molecule has 0 radical (unpaired) electrons. The van der Waals surface area contributed by atoms with Crippen molar-refractivity contribution in [3.63, 3.8) is 0 Å². The number of carbonyl (C=O) groups excluding carboxylic acids is 2. The number of benzene rings is 3. The molecule has 152 valence electrons. The predicted molar refractivity (Wildman–Crippen MR) is 115 cm³/mol. The lowest BCUT2D eigenvalue weighted by Crippen LogP contribution is -2.27. The van der Waals surface area contributed by atoms with Crippen LogP contribution in [0.4, 0.5) is 10.1 Å². The second kappa shape index (κ2) is 8.91. The van der Waals surface area contributed by atoms with Crippen LogP contribution in [-0.2, 0) is 6.54 Å². The van der Waals surface area contributed by atoms with Crippen molar-refractivity contribution < 1.29 is 14.0 Å². The molecule has 0 spiro atoms. The van der Waals surface area contributed by atoms with Crippen molar-refractivity contribution in [1.82, 2.24) is 5.32 Å². The summed E-state index contributed by atoms with van der Waals surface area (Å²) in [6.07, 6.45) is 2.36. The van der Waals surface area contributed by atoms with Gasteiger partial charge in [0, 0.05) is 36.4 Å². The molecule has 1 amide bonds. The lowest BCUT2D eigenvalue weighted by Gasteiger charge is -2.21. The van der Waals surface area contributed by atoms with Gasteiger partial charge >= 0.3 is 0 Å². The zero-order valence-electron chi connectivity index (χ0n) is 16.6. The van der Waals surface area contributed by atoms with Gasteiger partial charge in [0.1, 0.15) is 5.82 Å². The highest BCUT2D eigenvalue weighted by Crippen LogP contribution is 2.24. The molecule has 0 bridgehead atoms. The maximum atomic E-state index is 13.2. The average molecular weight is 402 g/mol. The van der Waals surface area contributed by atoms with Gasteiger partial charge in [0.2, 0.25) is 0 Å². The normalized spacial score (nSPS) is 13.3. The molecular weight excluding hydrogens is 379 g/mol. The van der Waals surface area contributed by atoms with Crippen molar-refractivity contribution in [3.8, 4) is 0 Å². The number of anilines is 1. The fourth-order valence-corrected chi connectivity index (χ4v) is 3.83. The van der Waals surface area contributed by atoms with Crippen LogP contribution >= 0.6 is 0 Å². The van der Waals surface area contributed by atoms with Gasteiger partial charge in [-0.1, -0.05) is 36.4 Å². The molecule has 1 fully saturated rings. The zero-order valence-corrected chi connectivity index (χ0v) is 16.6. The molecular formula is C25H23FN2O2. The van der Waals surface area contributed by atoms with E-state index in [2.05, 4.69) is 16.3 Å². The number of nitrogens with zero attached hydrogens (tertiary/aromatic N) is 1. The molecule has 4 rings (SSSR count). The molecule has 0 saturated carbocycles. The number of carbonyl (C=O) groups is 2. The van der Waals surface area contributed by atoms with Crippen LogP contribution in [0.5, 0.6) is 0 Å². The van der Waals surface area contributed by atoms with E-state index in [1.807, 2.05) is 18.2 Å². The van der Waals surface area contributed by atoms with E-state index in [0.29, 0.717) is 23.2 Å². The van der Waals surface area contributed by atoms with E-state index >= 15 is 0 Å². The van der Waals surface area contributed by atoms with Crippen molar-refractivity contribution in [2.75, 3.05) is 18.0 Å². The van der Waals surface area contributed by atoms with E-state index in [1.54, 1.807) is 24.3 Å². The highest BCUT2D eigenvalue weighted by atomic mass is 19.1. The Morgan fingerprint density at radius 3 is 2.20 bits per heavy atom. The van der Waals surface area contributed by atoms with Crippen LogP contribution in [0.2, 0.25) is 0 Å². The third-order valence-corrected chi connectivity index (χ3v) is 5.40.